The number of carboxylic acid groups (broad SMARTS) is 1. The normalized spacial score (nSPS) is 12.9. The van der Waals surface area contributed by atoms with Gasteiger partial charge in [-0.15, -0.1) is 11.3 Å². The van der Waals surface area contributed by atoms with Crippen molar-refractivity contribution in [2.75, 3.05) is 13.1 Å². The SMILES string of the molecule is CC(C)C(CNCCc1ccc(Br)s1)C(=O)O. The molecule has 0 aliphatic heterocycles. The van der Waals surface area contributed by atoms with Crippen molar-refractivity contribution in [1.29, 1.82) is 0 Å². The summed E-state index contributed by atoms with van der Waals surface area (Å²) in [5, 5.41) is 12.2. The van der Waals surface area contributed by atoms with Crippen molar-refractivity contribution in [3.8, 4) is 0 Å². The molecule has 0 saturated heterocycles. The van der Waals surface area contributed by atoms with E-state index >= 15 is 0 Å². The molecule has 1 aromatic rings. The zero-order valence-electron chi connectivity index (χ0n) is 10.1. The summed E-state index contributed by atoms with van der Waals surface area (Å²) in [6, 6.07) is 4.13. The van der Waals surface area contributed by atoms with Crippen LogP contribution in [-0.2, 0) is 11.2 Å². The van der Waals surface area contributed by atoms with E-state index in [9.17, 15) is 4.79 Å². The van der Waals surface area contributed by atoms with E-state index in [1.807, 2.05) is 19.9 Å². The molecule has 96 valence electrons. The van der Waals surface area contributed by atoms with Crippen LogP contribution in [0.15, 0.2) is 15.9 Å². The number of hydrogen-bond donors (Lipinski definition) is 2. The lowest BCUT2D eigenvalue weighted by Gasteiger charge is -2.16. The summed E-state index contributed by atoms with van der Waals surface area (Å²) in [6.45, 7) is 5.25. The van der Waals surface area contributed by atoms with Crippen LogP contribution in [0.5, 0.6) is 0 Å². The smallest absolute Gasteiger partial charge is 0.308 e. The highest BCUT2D eigenvalue weighted by atomic mass is 79.9. The van der Waals surface area contributed by atoms with Gasteiger partial charge >= 0.3 is 5.97 Å². The van der Waals surface area contributed by atoms with Gasteiger partial charge in [0.15, 0.2) is 0 Å². The number of hydrogen-bond acceptors (Lipinski definition) is 3. The van der Waals surface area contributed by atoms with E-state index in [-0.39, 0.29) is 11.8 Å². The standard InChI is InChI=1S/C12H18BrNO2S/c1-8(2)10(12(15)16)7-14-6-5-9-3-4-11(13)17-9/h3-4,8,10,14H,5-7H2,1-2H3,(H,15,16). The molecule has 0 radical (unpaired) electrons. The number of aliphatic carboxylic acids is 1. The Morgan fingerprint density at radius 2 is 2.24 bits per heavy atom. The Labute approximate surface area is 114 Å². The van der Waals surface area contributed by atoms with E-state index in [2.05, 4.69) is 27.3 Å². The van der Waals surface area contributed by atoms with Crippen LogP contribution in [0, 0.1) is 11.8 Å². The molecule has 3 nitrogen and oxygen atoms in total. The summed E-state index contributed by atoms with van der Waals surface area (Å²) in [6.07, 6.45) is 0.945. The summed E-state index contributed by atoms with van der Waals surface area (Å²) < 4.78 is 1.14. The minimum atomic E-state index is -0.716. The topological polar surface area (TPSA) is 49.3 Å². The van der Waals surface area contributed by atoms with Crippen LogP contribution in [0.3, 0.4) is 0 Å². The van der Waals surface area contributed by atoms with Crippen LogP contribution in [0.2, 0.25) is 0 Å². The van der Waals surface area contributed by atoms with Crippen molar-refractivity contribution in [1.82, 2.24) is 5.32 Å². The zero-order chi connectivity index (χ0) is 12.8. The lowest BCUT2D eigenvalue weighted by molar-refractivity contribution is -0.143. The third kappa shape index (κ3) is 5.19. The Bertz CT molecular complexity index is 365. The van der Waals surface area contributed by atoms with Crippen LogP contribution in [0.1, 0.15) is 18.7 Å². The fraction of sp³-hybridized carbons (Fsp3) is 0.583. The van der Waals surface area contributed by atoms with Gasteiger partial charge in [-0.25, -0.2) is 0 Å². The summed E-state index contributed by atoms with van der Waals surface area (Å²) in [5.74, 6) is -0.854. The Balaban J connectivity index is 2.25. The van der Waals surface area contributed by atoms with Crippen molar-refractivity contribution < 1.29 is 9.90 Å². The number of thiophene rings is 1. The zero-order valence-corrected chi connectivity index (χ0v) is 12.5. The fourth-order valence-electron chi connectivity index (χ4n) is 1.56. The minimum absolute atomic E-state index is 0.163. The number of rotatable bonds is 7. The van der Waals surface area contributed by atoms with E-state index < -0.39 is 5.97 Å². The van der Waals surface area contributed by atoms with E-state index in [4.69, 9.17) is 5.11 Å². The van der Waals surface area contributed by atoms with Gasteiger partial charge in [-0.2, -0.15) is 0 Å². The van der Waals surface area contributed by atoms with Gasteiger partial charge in [0.2, 0.25) is 0 Å². The quantitative estimate of drug-likeness (QED) is 0.759. The number of carboxylic acids is 1. The summed E-state index contributed by atoms with van der Waals surface area (Å²) in [4.78, 5) is 12.3. The first-order valence-corrected chi connectivity index (χ1v) is 7.29. The van der Waals surface area contributed by atoms with Crippen LogP contribution in [0.25, 0.3) is 0 Å². The van der Waals surface area contributed by atoms with E-state index in [1.54, 1.807) is 11.3 Å². The highest BCUT2D eigenvalue weighted by Gasteiger charge is 2.20. The Hall–Kier alpha value is -0.390. The highest BCUT2D eigenvalue weighted by molar-refractivity contribution is 9.11. The van der Waals surface area contributed by atoms with E-state index in [0.29, 0.717) is 6.54 Å². The van der Waals surface area contributed by atoms with Crippen molar-refractivity contribution >= 4 is 33.2 Å². The van der Waals surface area contributed by atoms with Crippen molar-refractivity contribution in [3.05, 3.63) is 20.8 Å². The molecule has 1 aromatic heterocycles. The lowest BCUT2D eigenvalue weighted by Crippen LogP contribution is -2.33. The molecular weight excluding hydrogens is 302 g/mol. The Morgan fingerprint density at radius 1 is 1.53 bits per heavy atom. The van der Waals surface area contributed by atoms with Gasteiger partial charge in [0.25, 0.3) is 0 Å². The molecule has 0 aliphatic rings. The number of carbonyl (C=O) groups is 1. The maximum atomic E-state index is 11.0. The second-order valence-electron chi connectivity index (χ2n) is 4.35. The average Bonchev–Trinajstić information content (AvgIpc) is 2.62. The fourth-order valence-corrected chi connectivity index (χ4v) is 3.05. The van der Waals surface area contributed by atoms with E-state index in [0.717, 1.165) is 16.8 Å². The van der Waals surface area contributed by atoms with Crippen LogP contribution in [-0.4, -0.2) is 24.2 Å². The minimum Gasteiger partial charge on any atom is -0.481 e. The van der Waals surface area contributed by atoms with Crippen LogP contribution < -0.4 is 5.32 Å². The van der Waals surface area contributed by atoms with Gasteiger partial charge in [0, 0.05) is 11.4 Å². The van der Waals surface area contributed by atoms with Gasteiger partial charge in [0.05, 0.1) is 9.70 Å². The predicted molar refractivity (Wildman–Crippen MR) is 74.6 cm³/mol. The molecule has 1 rings (SSSR count). The van der Waals surface area contributed by atoms with Crippen LogP contribution in [0.4, 0.5) is 0 Å². The third-order valence-electron chi connectivity index (χ3n) is 2.66. The molecule has 2 N–H and O–H groups in total. The van der Waals surface area contributed by atoms with Gasteiger partial charge in [0.1, 0.15) is 0 Å². The summed E-state index contributed by atoms with van der Waals surface area (Å²) in [5.41, 5.74) is 0. The monoisotopic (exact) mass is 319 g/mol. The molecule has 0 bridgehead atoms. The van der Waals surface area contributed by atoms with Crippen molar-refractivity contribution in [2.45, 2.75) is 20.3 Å². The molecular formula is C12H18BrNO2S. The second-order valence-corrected chi connectivity index (χ2v) is 6.90. The molecule has 0 fully saturated rings. The first-order valence-electron chi connectivity index (χ1n) is 5.68. The Kier molecular flexibility index (Phi) is 6.16. The molecule has 1 atom stereocenters. The van der Waals surface area contributed by atoms with E-state index in [1.165, 1.54) is 4.88 Å². The maximum absolute atomic E-state index is 11.0. The molecule has 0 spiro atoms. The van der Waals surface area contributed by atoms with Gasteiger partial charge in [-0.05, 0) is 46.9 Å². The maximum Gasteiger partial charge on any atom is 0.308 e. The number of halogens is 1. The van der Waals surface area contributed by atoms with Crippen molar-refractivity contribution in [2.24, 2.45) is 11.8 Å². The summed E-state index contributed by atoms with van der Waals surface area (Å²) >= 11 is 5.14. The lowest BCUT2D eigenvalue weighted by atomic mass is 9.96. The molecule has 0 aliphatic carbocycles. The molecule has 17 heavy (non-hydrogen) atoms. The Morgan fingerprint density at radius 3 is 2.71 bits per heavy atom. The molecule has 0 saturated carbocycles. The molecule has 5 heteroatoms. The first kappa shape index (κ1) is 14.7. The van der Waals surface area contributed by atoms with Crippen molar-refractivity contribution in [3.63, 3.8) is 0 Å². The highest BCUT2D eigenvalue weighted by Crippen LogP contribution is 2.22. The third-order valence-corrected chi connectivity index (χ3v) is 4.35. The molecule has 0 aromatic carbocycles. The summed E-state index contributed by atoms with van der Waals surface area (Å²) in [7, 11) is 0. The first-order chi connectivity index (χ1) is 8.00. The van der Waals surface area contributed by atoms with Crippen LogP contribution >= 0.6 is 27.3 Å². The molecule has 1 unspecified atom stereocenters. The average molecular weight is 320 g/mol. The predicted octanol–water partition coefficient (Wildman–Crippen LogP) is 3.00. The van der Waals surface area contributed by atoms with Gasteiger partial charge in [-0.1, -0.05) is 13.8 Å². The molecule has 1 heterocycles. The number of nitrogens with one attached hydrogen (secondary N) is 1. The van der Waals surface area contributed by atoms with Gasteiger partial charge in [-0.3, -0.25) is 4.79 Å². The second kappa shape index (κ2) is 7.13. The largest absolute Gasteiger partial charge is 0.481 e. The molecule has 0 amide bonds. The van der Waals surface area contributed by atoms with Gasteiger partial charge < -0.3 is 10.4 Å².